The number of aliphatic hydroxyl groups excluding tert-OH is 1. The topological polar surface area (TPSA) is 50.9 Å². The van der Waals surface area contributed by atoms with Crippen LogP contribution in [0.4, 0.5) is 0 Å². The zero-order chi connectivity index (χ0) is 10.7. The molecule has 1 N–H and O–H groups in total. The van der Waals surface area contributed by atoms with Crippen LogP contribution in [0.25, 0.3) is 0 Å². The van der Waals surface area contributed by atoms with Gasteiger partial charge in [0.05, 0.1) is 0 Å². The van der Waals surface area contributed by atoms with Gasteiger partial charge in [-0.1, -0.05) is 6.07 Å². The molecule has 0 bridgehead atoms. The lowest BCUT2D eigenvalue weighted by molar-refractivity contribution is 0.165. The van der Waals surface area contributed by atoms with Crippen LogP contribution >= 0.6 is 0 Å². The second-order valence-corrected chi connectivity index (χ2v) is 3.48. The molecule has 2 aromatic heterocycles. The molecule has 1 atom stereocenters. The average Bonchev–Trinajstić information content (AvgIpc) is 2.66. The summed E-state index contributed by atoms with van der Waals surface area (Å²) in [4.78, 5) is 8.11. The lowest BCUT2D eigenvalue weighted by Crippen LogP contribution is -2.08. The van der Waals surface area contributed by atoms with Gasteiger partial charge in [-0.15, -0.1) is 0 Å². The summed E-state index contributed by atoms with van der Waals surface area (Å²) in [6.07, 6.45) is 6.94. The predicted molar refractivity (Wildman–Crippen MR) is 56.1 cm³/mol. The van der Waals surface area contributed by atoms with Gasteiger partial charge in [0.15, 0.2) is 0 Å². The zero-order valence-corrected chi connectivity index (χ0v) is 8.54. The van der Waals surface area contributed by atoms with E-state index in [1.54, 1.807) is 18.6 Å². The highest BCUT2D eigenvalue weighted by Gasteiger charge is 2.12. The first-order valence-electron chi connectivity index (χ1n) is 4.81. The monoisotopic (exact) mass is 203 g/mol. The van der Waals surface area contributed by atoms with Gasteiger partial charge in [-0.2, -0.15) is 0 Å². The maximum absolute atomic E-state index is 9.93. The second kappa shape index (κ2) is 4.23. The van der Waals surface area contributed by atoms with Crippen molar-refractivity contribution in [2.24, 2.45) is 7.05 Å². The fraction of sp³-hybridized carbons (Fsp3) is 0.273. The molecular formula is C11H13N3O. The fourth-order valence-corrected chi connectivity index (χ4v) is 1.53. The second-order valence-electron chi connectivity index (χ2n) is 3.48. The number of aliphatic hydroxyl groups is 1. The fourth-order valence-electron chi connectivity index (χ4n) is 1.53. The van der Waals surface area contributed by atoms with E-state index in [1.807, 2.05) is 29.9 Å². The number of aromatic nitrogens is 3. The Balaban J connectivity index is 2.11. The summed E-state index contributed by atoms with van der Waals surface area (Å²) in [5.41, 5.74) is 1.01. The number of hydrogen-bond acceptors (Lipinski definition) is 3. The van der Waals surface area contributed by atoms with E-state index < -0.39 is 6.10 Å². The molecule has 2 rings (SSSR count). The van der Waals surface area contributed by atoms with Gasteiger partial charge in [-0.25, -0.2) is 4.98 Å². The molecule has 0 radical (unpaired) electrons. The molecule has 2 heterocycles. The van der Waals surface area contributed by atoms with Crippen LogP contribution in [-0.4, -0.2) is 19.6 Å². The highest BCUT2D eigenvalue weighted by Crippen LogP contribution is 2.14. The van der Waals surface area contributed by atoms with Crippen LogP contribution in [-0.2, 0) is 13.5 Å². The quantitative estimate of drug-likeness (QED) is 0.812. The van der Waals surface area contributed by atoms with Crippen LogP contribution in [0.2, 0.25) is 0 Å². The van der Waals surface area contributed by atoms with Crippen LogP contribution in [0.1, 0.15) is 17.5 Å². The van der Waals surface area contributed by atoms with Gasteiger partial charge in [0.25, 0.3) is 0 Å². The molecule has 78 valence electrons. The summed E-state index contributed by atoms with van der Waals surface area (Å²) in [5.74, 6) is 0.679. The molecule has 2 aromatic rings. The van der Waals surface area contributed by atoms with E-state index in [9.17, 15) is 5.11 Å². The number of hydrogen-bond donors (Lipinski definition) is 1. The third-order valence-electron chi connectivity index (χ3n) is 2.31. The number of pyridine rings is 1. The molecule has 15 heavy (non-hydrogen) atoms. The van der Waals surface area contributed by atoms with Crippen molar-refractivity contribution in [1.82, 2.24) is 14.5 Å². The van der Waals surface area contributed by atoms with Gasteiger partial charge in [0.1, 0.15) is 11.9 Å². The Hall–Kier alpha value is -1.68. The first-order chi connectivity index (χ1) is 7.27. The van der Waals surface area contributed by atoms with Gasteiger partial charge < -0.3 is 9.67 Å². The van der Waals surface area contributed by atoms with E-state index >= 15 is 0 Å². The number of rotatable bonds is 3. The van der Waals surface area contributed by atoms with E-state index in [-0.39, 0.29) is 0 Å². The highest BCUT2D eigenvalue weighted by molar-refractivity contribution is 5.11. The van der Waals surface area contributed by atoms with E-state index in [2.05, 4.69) is 9.97 Å². The van der Waals surface area contributed by atoms with Gasteiger partial charge in [-0.05, 0) is 11.6 Å². The first kappa shape index (κ1) is 9.86. The molecule has 0 spiro atoms. The molecule has 0 aliphatic rings. The number of nitrogens with zero attached hydrogens (tertiary/aromatic N) is 3. The third kappa shape index (κ3) is 2.22. The highest BCUT2D eigenvalue weighted by atomic mass is 16.3. The van der Waals surface area contributed by atoms with Crippen molar-refractivity contribution in [2.75, 3.05) is 0 Å². The molecule has 0 saturated carbocycles. The van der Waals surface area contributed by atoms with Crippen molar-refractivity contribution in [3.8, 4) is 0 Å². The SMILES string of the molecule is Cn1ccnc1C(O)Cc1cccnc1. The molecule has 0 fully saturated rings. The van der Waals surface area contributed by atoms with Gasteiger partial charge in [0.2, 0.25) is 0 Å². The van der Waals surface area contributed by atoms with E-state index in [1.165, 1.54) is 0 Å². The van der Waals surface area contributed by atoms with Crippen LogP contribution in [0.15, 0.2) is 36.9 Å². The Morgan fingerprint density at radius 1 is 1.47 bits per heavy atom. The van der Waals surface area contributed by atoms with Crippen molar-refractivity contribution < 1.29 is 5.11 Å². The summed E-state index contributed by atoms with van der Waals surface area (Å²) < 4.78 is 1.82. The van der Waals surface area contributed by atoms with Crippen LogP contribution < -0.4 is 0 Å². The minimum atomic E-state index is -0.575. The molecule has 4 heteroatoms. The lowest BCUT2D eigenvalue weighted by Gasteiger charge is -2.09. The van der Waals surface area contributed by atoms with E-state index in [0.29, 0.717) is 12.2 Å². The Kier molecular flexibility index (Phi) is 2.78. The van der Waals surface area contributed by atoms with Gasteiger partial charge in [-0.3, -0.25) is 4.98 Å². The minimum absolute atomic E-state index is 0.540. The third-order valence-corrected chi connectivity index (χ3v) is 2.31. The van der Waals surface area contributed by atoms with E-state index in [0.717, 1.165) is 5.56 Å². The smallest absolute Gasteiger partial charge is 0.137 e. The van der Waals surface area contributed by atoms with Gasteiger partial charge in [0, 0.05) is 38.3 Å². The number of aryl methyl sites for hydroxylation is 1. The van der Waals surface area contributed by atoms with Crippen molar-refractivity contribution in [2.45, 2.75) is 12.5 Å². The lowest BCUT2D eigenvalue weighted by atomic mass is 10.1. The molecule has 0 aliphatic heterocycles. The van der Waals surface area contributed by atoms with E-state index in [4.69, 9.17) is 0 Å². The predicted octanol–water partition coefficient (Wildman–Crippen LogP) is 1.09. The van der Waals surface area contributed by atoms with Crippen molar-refractivity contribution in [3.63, 3.8) is 0 Å². The Morgan fingerprint density at radius 3 is 2.93 bits per heavy atom. The van der Waals surface area contributed by atoms with Crippen LogP contribution in [0, 0.1) is 0 Å². The Labute approximate surface area is 88.2 Å². The molecule has 0 amide bonds. The zero-order valence-electron chi connectivity index (χ0n) is 8.54. The summed E-state index contributed by atoms with van der Waals surface area (Å²) >= 11 is 0. The summed E-state index contributed by atoms with van der Waals surface area (Å²) in [6.45, 7) is 0. The van der Waals surface area contributed by atoms with Crippen molar-refractivity contribution in [1.29, 1.82) is 0 Å². The maximum Gasteiger partial charge on any atom is 0.137 e. The van der Waals surface area contributed by atoms with Gasteiger partial charge >= 0.3 is 0 Å². The molecule has 0 aromatic carbocycles. The molecule has 4 nitrogen and oxygen atoms in total. The summed E-state index contributed by atoms with van der Waals surface area (Å²) in [7, 11) is 1.87. The average molecular weight is 203 g/mol. The van der Waals surface area contributed by atoms with Crippen LogP contribution in [0.5, 0.6) is 0 Å². The molecule has 0 aliphatic carbocycles. The Morgan fingerprint density at radius 2 is 2.33 bits per heavy atom. The standard InChI is InChI=1S/C11H13N3O/c1-14-6-5-13-11(14)10(15)7-9-3-2-4-12-8-9/h2-6,8,10,15H,7H2,1H3. The summed E-state index contributed by atoms with van der Waals surface area (Å²) in [5, 5.41) is 9.93. The summed E-state index contributed by atoms with van der Waals surface area (Å²) in [6, 6.07) is 3.81. The normalized spacial score (nSPS) is 12.7. The maximum atomic E-state index is 9.93. The molecule has 1 unspecified atom stereocenters. The largest absolute Gasteiger partial charge is 0.385 e. The van der Waals surface area contributed by atoms with Crippen molar-refractivity contribution in [3.05, 3.63) is 48.3 Å². The molecule has 0 saturated heterocycles. The van der Waals surface area contributed by atoms with Crippen molar-refractivity contribution >= 4 is 0 Å². The van der Waals surface area contributed by atoms with Crippen LogP contribution in [0.3, 0.4) is 0 Å². The minimum Gasteiger partial charge on any atom is -0.385 e. The first-order valence-corrected chi connectivity index (χ1v) is 4.81. The molecular weight excluding hydrogens is 190 g/mol. The Bertz CT molecular complexity index is 424. The number of imidazole rings is 1.